The average molecular weight is 216 g/mol. The summed E-state index contributed by atoms with van der Waals surface area (Å²) >= 11 is 0. The molecular formula is C11H12N4O. The van der Waals surface area contributed by atoms with Gasteiger partial charge in [-0.15, -0.1) is 0 Å². The number of H-pyrrole nitrogens is 1. The maximum atomic E-state index is 11.6. The van der Waals surface area contributed by atoms with Gasteiger partial charge in [0.25, 0.3) is 5.56 Å². The van der Waals surface area contributed by atoms with E-state index in [0.29, 0.717) is 23.6 Å². The summed E-state index contributed by atoms with van der Waals surface area (Å²) in [5.74, 6) is 0.491. The Morgan fingerprint density at radius 3 is 2.88 bits per heavy atom. The zero-order chi connectivity index (χ0) is 11.4. The number of aromatic nitrogens is 3. The zero-order valence-electron chi connectivity index (χ0n) is 8.90. The fraction of sp³-hybridized carbons (Fsp3) is 0.182. The van der Waals surface area contributed by atoms with Gasteiger partial charge in [0.1, 0.15) is 5.69 Å². The molecule has 0 bridgehead atoms. The van der Waals surface area contributed by atoms with Gasteiger partial charge in [0.05, 0.1) is 0 Å². The van der Waals surface area contributed by atoms with Gasteiger partial charge in [-0.2, -0.15) is 0 Å². The lowest BCUT2D eigenvalue weighted by molar-refractivity contribution is 0.797. The van der Waals surface area contributed by atoms with Gasteiger partial charge >= 0.3 is 0 Å². The summed E-state index contributed by atoms with van der Waals surface area (Å²) in [7, 11) is 1.78. The van der Waals surface area contributed by atoms with Crippen molar-refractivity contribution in [1.82, 2.24) is 20.3 Å². The van der Waals surface area contributed by atoms with Gasteiger partial charge in [-0.05, 0) is 19.2 Å². The van der Waals surface area contributed by atoms with Crippen molar-refractivity contribution >= 4 is 0 Å². The number of aromatic amines is 1. The minimum Gasteiger partial charge on any atom is -0.315 e. The summed E-state index contributed by atoms with van der Waals surface area (Å²) in [6.07, 6.45) is 3.23. The molecule has 82 valence electrons. The molecule has 0 fully saturated rings. The molecule has 0 unspecified atom stereocenters. The fourth-order valence-corrected chi connectivity index (χ4v) is 1.37. The molecule has 0 radical (unpaired) electrons. The first kappa shape index (κ1) is 10.5. The number of rotatable bonds is 3. The summed E-state index contributed by atoms with van der Waals surface area (Å²) in [4.78, 5) is 22.6. The number of hydrogen-bond donors (Lipinski definition) is 2. The number of nitrogens with zero attached hydrogens (tertiary/aromatic N) is 2. The summed E-state index contributed by atoms with van der Waals surface area (Å²) in [5.41, 5.74) is 1.14. The lowest BCUT2D eigenvalue weighted by atomic mass is 10.3. The molecule has 2 aromatic rings. The van der Waals surface area contributed by atoms with Crippen molar-refractivity contribution in [3.63, 3.8) is 0 Å². The molecule has 5 heteroatoms. The predicted octanol–water partition coefficient (Wildman–Crippen LogP) is 0.551. The molecule has 5 nitrogen and oxygen atoms in total. The molecule has 0 saturated heterocycles. The molecule has 2 N–H and O–H groups in total. The van der Waals surface area contributed by atoms with E-state index in [1.165, 1.54) is 0 Å². The third-order valence-electron chi connectivity index (χ3n) is 2.15. The molecule has 0 aliphatic rings. The summed E-state index contributed by atoms with van der Waals surface area (Å²) < 4.78 is 0. The minimum absolute atomic E-state index is 0.134. The summed E-state index contributed by atoms with van der Waals surface area (Å²) in [5, 5.41) is 2.91. The van der Waals surface area contributed by atoms with Gasteiger partial charge in [0.15, 0.2) is 5.82 Å². The number of pyridine rings is 1. The normalized spacial score (nSPS) is 10.3. The van der Waals surface area contributed by atoms with Gasteiger partial charge in [0.2, 0.25) is 0 Å². The largest absolute Gasteiger partial charge is 0.315 e. The molecule has 0 amide bonds. The highest BCUT2D eigenvalue weighted by Crippen LogP contribution is 2.07. The Kier molecular flexibility index (Phi) is 3.07. The van der Waals surface area contributed by atoms with Crippen molar-refractivity contribution in [2.45, 2.75) is 6.54 Å². The molecule has 0 spiro atoms. The third-order valence-corrected chi connectivity index (χ3v) is 2.15. The van der Waals surface area contributed by atoms with Crippen LogP contribution in [0.5, 0.6) is 0 Å². The SMILES string of the molecule is CNCc1cnc(-c2ccccn2)[nH]c1=O. The van der Waals surface area contributed by atoms with E-state index in [2.05, 4.69) is 20.3 Å². The first-order chi connectivity index (χ1) is 7.81. The van der Waals surface area contributed by atoms with E-state index in [-0.39, 0.29) is 5.56 Å². The number of hydrogen-bond acceptors (Lipinski definition) is 4. The topological polar surface area (TPSA) is 70.7 Å². The van der Waals surface area contributed by atoms with Gasteiger partial charge < -0.3 is 10.3 Å². The van der Waals surface area contributed by atoms with E-state index in [9.17, 15) is 4.79 Å². The van der Waals surface area contributed by atoms with Crippen LogP contribution in [-0.4, -0.2) is 22.0 Å². The van der Waals surface area contributed by atoms with Crippen molar-refractivity contribution in [2.75, 3.05) is 7.05 Å². The Bertz CT molecular complexity index is 521. The standard InChI is InChI=1S/C11H12N4O/c1-12-6-8-7-14-10(15-11(8)16)9-4-2-3-5-13-9/h2-5,7,12H,6H2,1H3,(H,14,15,16). The van der Waals surface area contributed by atoms with E-state index in [4.69, 9.17) is 0 Å². The highest BCUT2D eigenvalue weighted by Gasteiger charge is 2.04. The van der Waals surface area contributed by atoms with E-state index in [0.717, 1.165) is 0 Å². The minimum atomic E-state index is -0.134. The lowest BCUT2D eigenvalue weighted by Crippen LogP contribution is -2.19. The smallest absolute Gasteiger partial charge is 0.255 e. The van der Waals surface area contributed by atoms with E-state index >= 15 is 0 Å². The predicted molar refractivity (Wildman–Crippen MR) is 60.9 cm³/mol. The van der Waals surface area contributed by atoms with Crippen LogP contribution < -0.4 is 10.9 Å². The molecule has 16 heavy (non-hydrogen) atoms. The van der Waals surface area contributed by atoms with Crippen LogP contribution in [0, 0.1) is 0 Å². The molecule has 0 aromatic carbocycles. The van der Waals surface area contributed by atoms with Crippen LogP contribution in [0.1, 0.15) is 5.56 Å². The van der Waals surface area contributed by atoms with Crippen molar-refractivity contribution < 1.29 is 0 Å². The van der Waals surface area contributed by atoms with Gasteiger partial charge in [-0.25, -0.2) is 4.98 Å². The van der Waals surface area contributed by atoms with Crippen molar-refractivity contribution in [3.8, 4) is 11.5 Å². The first-order valence-electron chi connectivity index (χ1n) is 4.95. The van der Waals surface area contributed by atoms with Crippen LogP contribution in [0.25, 0.3) is 11.5 Å². The Morgan fingerprint density at radius 2 is 2.25 bits per heavy atom. The van der Waals surface area contributed by atoms with Crippen LogP contribution in [0.15, 0.2) is 35.4 Å². The lowest BCUT2D eigenvalue weighted by Gasteiger charge is -2.01. The van der Waals surface area contributed by atoms with Crippen LogP contribution in [-0.2, 0) is 6.54 Å². The Hall–Kier alpha value is -2.01. The van der Waals surface area contributed by atoms with Crippen LogP contribution in [0.4, 0.5) is 0 Å². The average Bonchev–Trinajstić information content (AvgIpc) is 2.33. The Balaban J connectivity index is 2.39. The van der Waals surface area contributed by atoms with Crippen LogP contribution >= 0.6 is 0 Å². The number of nitrogens with one attached hydrogen (secondary N) is 2. The van der Waals surface area contributed by atoms with Gasteiger partial charge in [-0.3, -0.25) is 9.78 Å². The molecule has 2 aromatic heterocycles. The van der Waals surface area contributed by atoms with Crippen molar-refractivity contribution in [2.24, 2.45) is 0 Å². The maximum absolute atomic E-state index is 11.6. The molecular weight excluding hydrogens is 204 g/mol. The van der Waals surface area contributed by atoms with Crippen molar-refractivity contribution in [1.29, 1.82) is 0 Å². The van der Waals surface area contributed by atoms with E-state index < -0.39 is 0 Å². The molecule has 0 saturated carbocycles. The first-order valence-corrected chi connectivity index (χ1v) is 4.95. The molecule has 0 aliphatic carbocycles. The zero-order valence-corrected chi connectivity index (χ0v) is 8.90. The molecule has 2 heterocycles. The van der Waals surface area contributed by atoms with Gasteiger partial charge in [-0.1, -0.05) is 6.07 Å². The third kappa shape index (κ3) is 2.14. The monoisotopic (exact) mass is 216 g/mol. The van der Waals surface area contributed by atoms with Crippen LogP contribution in [0.3, 0.4) is 0 Å². The molecule has 2 rings (SSSR count). The second kappa shape index (κ2) is 4.67. The quantitative estimate of drug-likeness (QED) is 0.786. The highest BCUT2D eigenvalue weighted by atomic mass is 16.1. The van der Waals surface area contributed by atoms with Gasteiger partial charge in [0, 0.05) is 24.5 Å². The second-order valence-electron chi connectivity index (χ2n) is 3.33. The van der Waals surface area contributed by atoms with Crippen LogP contribution in [0.2, 0.25) is 0 Å². The highest BCUT2D eigenvalue weighted by molar-refractivity contribution is 5.47. The molecule has 0 aliphatic heterocycles. The Labute approximate surface area is 92.6 Å². The Morgan fingerprint density at radius 1 is 1.38 bits per heavy atom. The molecule has 0 atom stereocenters. The summed E-state index contributed by atoms with van der Waals surface area (Å²) in [6, 6.07) is 5.47. The van der Waals surface area contributed by atoms with E-state index in [1.54, 1.807) is 25.5 Å². The second-order valence-corrected chi connectivity index (χ2v) is 3.33. The maximum Gasteiger partial charge on any atom is 0.255 e. The van der Waals surface area contributed by atoms with Crippen molar-refractivity contribution in [3.05, 3.63) is 46.5 Å². The summed E-state index contributed by atoms with van der Waals surface area (Å²) in [6.45, 7) is 0.505. The fourth-order valence-electron chi connectivity index (χ4n) is 1.37. The van der Waals surface area contributed by atoms with E-state index in [1.807, 2.05) is 12.1 Å².